The van der Waals surface area contributed by atoms with E-state index in [4.69, 9.17) is 14.7 Å². The van der Waals surface area contributed by atoms with Crippen LogP contribution in [0.2, 0.25) is 0 Å². The highest BCUT2D eigenvalue weighted by molar-refractivity contribution is 5.95. The van der Waals surface area contributed by atoms with E-state index in [9.17, 15) is 9.59 Å². The lowest BCUT2D eigenvalue weighted by atomic mass is 10.0. The quantitative estimate of drug-likeness (QED) is 0.478. The second-order valence-electron chi connectivity index (χ2n) is 5.32. The third-order valence-electron chi connectivity index (χ3n) is 3.66. The molecule has 0 saturated heterocycles. The van der Waals surface area contributed by atoms with Crippen LogP contribution in [-0.4, -0.2) is 23.9 Å². The van der Waals surface area contributed by atoms with Crippen LogP contribution >= 0.6 is 0 Å². The predicted molar refractivity (Wildman–Crippen MR) is 88.6 cm³/mol. The Morgan fingerprint density at radius 3 is 2.62 bits per heavy atom. The summed E-state index contributed by atoms with van der Waals surface area (Å²) in [6.07, 6.45) is 2.02. The number of hydrogen-bond acceptors (Lipinski definition) is 5. The Labute approximate surface area is 140 Å². The minimum Gasteiger partial charge on any atom is -0.434 e. The van der Waals surface area contributed by atoms with E-state index >= 15 is 0 Å². The molecule has 2 rings (SSSR count). The summed E-state index contributed by atoms with van der Waals surface area (Å²) >= 11 is 0. The third-order valence-corrected chi connectivity index (χ3v) is 3.66. The summed E-state index contributed by atoms with van der Waals surface area (Å²) in [5.74, 6) is -0.191. The van der Waals surface area contributed by atoms with Crippen molar-refractivity contribution in [1.82, 2.24) is 5.48 Å². The Balaban J connectivity index is 2.46. The Morgan fingerprint density at radius 1 is 1.17 bits per heavy atom. The van der Waals surface area contributed by atoms with Crippen LogP contribution in [-0.2, 0) is 11.2 Å². The van der Waals surface area contributed by atoms with Gasteiger partial charge in [-0.2, -0.15) is 0 Å². The summed E-state index contributed by atoms with van der Waals surface area (Å²) in [4.78, 5) is 23.4. The highest BCUT2D eigenvalue weighted by Gasteiger charge is 2.20. The number of rotatable bonds is 6. The fourth-order valence-electron chi connectivity index (χ4n) is 2.51. The molecular weight excluding hydrogens is 310 g/mol. The number of aryl methyl sites for hydroxylation is 1. The first kappa shape index (κ1) is 17.7. The van der Waals surface area contributed by atoms with Gasteiger partial charge in [0.15, 0.2) is 0 Å². The lowest BCUT2D eigenvalue weighted by Crippen LogP contribution is -2.18. The smallest absolute Gasteiger partial charge is 0.434 e. The molecule has 6 heteroatoms. The zero-order valence-electron chi connectivity index (χ0n) is 13.8. The van der Waals surface area contributed by atoms with Gasteiger partial charge in [-0.1, -0.05) is 25.5 Å². The average Bonchev–Trinajstić information content (AvgIpc) is 2.75. The summed E-state index contributed by atoms with van der Waals surface area (Å²) in [5, 5.41) is 8.85. The molecule has 0 fully saturated rings. The second-order valence-corrected chi connectivity index (χ2v) is 5.32. The standard InChI is InChI=1S/C18H21NO5/c1-3-5-7-12-11-16(24-18(21)23-4-2)14-9-6-8-13(10-15(12)14)17(20)19-22/h6,8-11,22H,3-5,7H2,1-2H3,(H,19,20). The van der Waals surface area contributed by atoms with Gasteiger partial charge in [0.25, 0.3) is 5.91 Å². The summed E-state index contributed by atoms with van der Waals surface area (Å²) in [7, 11) is 0. The molecule has 0 bridgehead atoms. The van der Waals surface area contributed by atoms with Crippen molar-refractivity contribution in [2.24, 2.45) is 0 Å². The van der Waals surface area contributed by atoms with Crippen molar-refractivity contribution in [3.8, 4) is 16.9 Å². The van der Waals surface area contributed by atoms with Crippen molar-refractivity contribution < 1.29 is 24.3 Å². The number of hydrogen-bond donors (Lipinski definition) is 2. The van der Waals surface area contributed by atoms with Gasteiger partial charge >= 0.3 is 6.16 Å². The van der Waals surface area contributed by atoms with Gasteiger partial charge in [0.1, 0.15) is 5.75 Å². The van der Waals surface area contributed by atoms with Crippen LogP contribution in [0, 0.1) is 0 Å². The molecule has 6 nitrogen and oxygen atoms in total. The molecule has 0 aromatic rings. The van der Waals surface area contributed by atoms with E-state index in [-0.39, 0.29) is 6.61 Å². The Morgan fingerprint density at radius 2 is 1.96 bits per heavy atom. The van der Waals surface area contributed by atoms with Crippen molar-refractivity contribution in [1.29, 1.82) is 0 Å². The number of amides is 1. The van der Waals surface area contributed by atoms with Crippen LogP contribution in [0.25, 0.3) is 11.1 Å². The maximum absolute atomic E-state index is 11.7. The van der Waals surface area contributed by atoms with E-state index in [0.29, 0.717) is 16.9 Å². The fourth-order valence-corrected chi connectivity index (χ4v) is 2.51. The number of carbonyl (C=O) groups excluding carboxylic acids is 2. The Hall–Kier alpha value is -2.60. The van der Waals surface area contributed by atoms with Gasteiger partial charge in [-0.05, 0) is 49.1 Å². The molecule has 24 heavy (non-hydrogen) atoms. The maximum Gasteiger partial charge on any atom is 0.513 e. The van der Waals surface area contributed by atoms with Crippen LogP contribution in [0.5, 0.6) is 5.75 Å². The van der Waals surface area contributed by atoms with E-state index in [1.807, 2.05) is 0 Å². The normalized spacial score (nSPS) is 10.5. The van der Waals surface area contributed by atoms with E-state index in [1.54, 1.807) is 42.7 Å². The minimum atomic E-state index is -0.758. The largest absolute Gasteiger partial charge is 0.513 e. The molecule has 128 valence electrons. The van der Waals surface area contributed by atoms with Gasteiger partial charge in [-0.25, -0.2) is 10.3 Å². The molecule has 2 N–H and O–H groups in total. The fraction of sp³-hybridized carbons (Fsp3) is 0.333. The predicted octanol–water partition coefficient (Wildman–Crippen LogP) is 3.79. The number of ether oxygens (including phenoxy) is 2. The molecule has 0 radical (unpaired) electrons. The Kier molecular flexibility index (Phi) is 6.14. The summed E-state index contributed by atoms with van der Waals surface area (Å²) in [6, 6.07) is 8.52. The second kappa shape index (κ2) is 8.31. The first-order valence-corrected chi connectivity index (χ1v) is 7.95. The third kappa shape index (κ3) is 4.02. The number of nitrogens with one attached hydrogen (secondary N) is 1. The van der Waals surface area contributed by atoms with E-state index in [0.717, 1.165) is 30.4 Å². The minimum absolute atomic E-state index is 0.231. The Bertz CT molecular complexity index is 698. The van der Waals surface area contributed by atoms with Gasteiger partial charge < -0.3 is 9.47 Å². The first-order chi connectivity index (χ1) is 11.6. The lowest BCUT2D eigenvalue weighted by molar-refractivity contribution is 0.0706. The zero-order valence-corrected chi connectivity index (χ0v) is 13.8. The van der Waals surface area contributed by atoms with Crippen LogP contribution in [0.4, 0.5) is 4.79 Å². The SMILES string of the molecule is CCCCc1cc(OC(=O)OCC)c2cccc(C(=O)NO)cc1-2. The monoisotopic (exact) mass is 331 g/mol. The van der Waals surface area contributed by atoms with Crippen molar-refractivity contribution in [3.63, 3.8) is 0 Å². The van der Waals surface area contributed by atoms with Gasteiger partial charge in [0.05, 0.1) is 6.61 Å². The van der Waals surface area contributed by atoms with Gasteiger partial charge in [-0.3, -0.25) is 10.0 Å². The molecule has 0 spiro atoms. The summed E-state index contributed by atoms with van der Waals surface area (Å²) in [6.45, 7) is 4.03. The molecule has 0 aliphatic heterocycles. The number of fused-ring (bicyclic) bond motifs is 1. The van der Waals surface area contributed by atoms with Crippen LogP contribution in [0.3, 0.4) is 0 Å². The molecule has 2 aliphatic rings. The van der Waals surface area contributed by atoms with Crippen molar-refractivity contribution in [3.05, 3.63) is 41.5 Å². The van der Waals surface area contributed by atoms with E-state index < -0.39 is 12.1 Å². The maximum atomic E-state index is 11.7. The number of carbonyl (C=O) groups is 2. The van der Waals surface area contributed by atoms with Gasteiger partial charge in [-0.15, -0.1) is 0 Å². The van der Waals surface area contributed by atoms with Crippen LogP contribution < -0.4 is 10.2 Å². The van der Waals surface area contributed by atoms with Crippen LogP contribution in [0.1, 0.15) is 42.6 Å². The average molecular weight is 331 g/mol. The molecule has 0 saturated carbocycles. The van der Waals surface area contributed by atoms with Gasteiger partial charge in [0, 0.05) is 11.1 Å². The molecule has 0 unspecified atom stereocenters. The molecule has 0 aromatic heterocycles. The lowest BCUT2D eigenvalue weighted by Gasteiger charge is -2.04. The summed E-state index contributed by atoms with van der Waals surface area (Å²) in [5.41, 5.74) is 4.46. The summed E-state index contributed by atoms with van der Waals surface area (Å²) < 4.78 is 10.1. The molecule has 0 atom stereocenters. The van der Waals surface area contributed by atoms with E-state index in [1.165, 1.54) is 0 Å². The topological polar surface area (TPSA) is 84.9 Å². The zero-order chi connectivity index (χ0) is 17.5. The van der Waals surface area contributed by atoms with Crippen LogP contribution in [0.15, 0.2) is 30.3 Å². The molecule has 1 amide bonds. The van der Waals surface area contributed by atoms with Gasteiger partial charge in [0.2, 0.25) is 0 Å². The number of unbranched alkanes of at least 4 members (excludes halogenated alkanes) is 1. The molecular formula is C18H21NO5. The molecule has 2 aliphatic carbocycles. The molecule has 0 heterocycles. The highest BCUT2D eigenvalue weighted by atomic mass is 16.7. The van der Waals surface area contributed by atoms with Crippen molar-refractivity contribution in [2.45, 2.75) is 33.1 Å². The molecule has 0 aromatic carbocycles. The van der Waals surface area contributed by atoms with Crippen molar-refractivity contribution in [2.75, 3.05) is 6.61 Å². The first-order valence-electron chi connectivity index (χ1n) is 7.95. The highest BCUT2D eigenvalue weighted by Crippen LogP contribution is 2.39. The number of hydroxylamine groups is 1. The van der Waals surface area contributed by atoms with E-state index in [2.05, 4.69) is 6.92 Å². The van der Waals surface area contributed by atoms with Crippen molar-refractivity contribution >= 4 is 12.1 Å².